The molecule has 0 fully saturated rings. The maximum absolute atomic E-state index is 2.74. The van der Waals surface area contributed by atoms with E-state index in [0.29, 0.717) is 0 Å². The van der Waals surface area contributed by atoms with E-state index in [1.165, 1.54) is 121 Å². The Morgan fingerprint density at radius 3 is 1.62 bits per heavy atom. The van der Waals surface area contributed by atoms with Crippen LogP contribution in [0.4, 0.5) is 45.5 Å². The Hall–Kier alpha value is -8.12. The molecule has 10 aromatic carbocycles. The van der Waals surface area contributed by atoms with Crippen molar-refractivity contribution in [3.8, 4) is 33.4 Å². The molecule has 0 saturated heterocycles. The highest BCUT2D eigenvalue weighted by atomic mass is 32.1. The summed E-state index contributed by atoms with van der Waals surface area (Å²) < 4.78 is 2.58. The van der Waals surface area contributed by atoms with E-state index in [0.717, 1.165) is 22.7 Å². The molecule has 0 spiro atoms. The first-order chi connectivity index (χ1) is 40.0. The average Bonchev–Trinajstić information content (AvgIpc) is 3.51. The van der Waals surface area contributed by atoms with Crippen LogP contribution >= 0.6 is 11.3 Å². The fourth-order valence-electron chi connectivity index (χ4n) is 14.1. The smallest absolute Gasteiger partial charge is 0.333 e. The summed E-state index contributed by atoms with van der Waals surface area (Å²) >= 11 is 1.90. The van der Waals surface area contributed by atoms with E-state index >= 15 is 0 Å². The molecule has 0 N–H and O–H groups in total. The summed E-state index contributed by atoms with van der Waals surface area (Å²) in [5.41, 5.74) is 27.2. The van der Waals surface area contributed by atoms with E-state index in [2.05, 4.69) is 318 Å². The molecule has 0 amide bonds. The summed E-state index contributed by atoms with van der Waals surface area (Å²) in [6, 6.07) is 80.0. The van der Waals surface area contributed by atoms with Crippen LogP contribution in [-0.4, -0.2) is 6.85 Å². The third-order valence-electron chi connectivity index (χ3n) is 18.7. The van der Waals surface area contributed by atoms with Crippen molar-refractivity contribution in [3.05, 3.63) is 240 Å². The highest BCUT2D eigenvalue weighted by Gasteiger charge is 2.51. The quantitative estimate of drug-likeness (QED) is 0.154. The van der Waals surface area contributed by atoms with Gasteiger partial charge in [-0.25, -0.2) is 0 Å². The van der Waals surface area contributed by atoms with E-state index in [4.69, 9.17) is 0 Å². The fourth-order valence-corrected chi connectivity index (χ4v) is 15.2. The Labute approximate surface area is 503 Å². The Kier molecular flexibility index (Phi) is 12.1. The van der Waals surface area contributed by atoms with Crippen molar-refractivity contribution in [2.75, 3.05) is 14.6 Å². The first-order valence-electron chi connectivity index (χ1n) is 30.3. The second kappa shape index (κ2) is 18.9. The van der Waals surface area contributed by atoms with Gasteiger partial charge in [0, 0.05) is 70.8 Å². The van der Waals surface area contributed by atoms with Gasteiger partial charge >= 0.3 is 6.85 Å². The minimum Gasteiger partial charge on any atom is -0.376 e. The summed E-state index contributed by atoms with van der Waals surface area (Å²) in [6.07, 6.45) is 0. The molecular weight excluding hydrogens is 1030 g/mol. The molecular formula is C79H76BN3S. The Balaban J connectivity index is 1.14. The van der Waals surface area contributed by atoms with Gasteiger partial charge in [-0.3, -0.25) is 0 Å². The topological polar surface area (TPSA) is 9.72 Å². The van der Waals surface area contributed by atoms with Crippen LogP contribution in [0.25, 0.3) is 53.6 Å². The van der Waals surface area contributed by atoms with Gasteiger partial charge in [0.2, 0.25) is 0 Å². The van der Waals surface area contributed by atoms with Gasteiger partial charge in [-0.05, 0) is 167 Å². The lowest BCUT2D eigenvalue weighted by Gasteiger charge is -2.48. The van der Waals surface area contributed by atoms with Crippen LogP contribution in [0.3, 0.4) is 0 Å². The molecule has 5 heteroatoms. The van der Waals surface area contributed by atoms with Crippen LogP contribution in [0.2, 0.25) is 0 Å². The molecule has 3 heterocycles. The number of rotatable bonds is 6. The van der Waals surface area contributed by atoms with Gasteiger partial charge in [0.1, 0.15) is 0 Å². The first kappa shape index (κ1) is 53.9. The molecule has 1 aromatic heterocycles. The second-order valence-electron chi connectivity index (χ2n) is 28.6. The summed E-state index contributed by atoms with van der Waals surface area (Å²) in [7, 11) is 0. The predicted octanol–water partition coefficient (Wildman–Crippen LogP) is 21.4. The zero-order chi connectivity index (χ0) is 58.6. The van der Waals surface area contributed by atoms with Crippen molar-refractivity contribution in [1.29, 1.82) is 0 Å². The van der Waals surface area contributed by atoms with Crippen LogP contribution in [-0.2, 0) is 27.1 Å². The molecule has 14 rings (SSSR count). The number of nitrogens with zero attached hydrogens (tertiary/aromatic N) is 3. The van der Waals surface area contributed by atoms with Crippen molar-refractivity contribution in [1.82, 2.24) is 0 Å². The molecule has 0 radical (unpaired) electrons. The Morgan fingerprint density at radius 2 is 0.988 bits per heavy atom. The zero-order valence-electron chi connectivity index (χ0n) is 51.5. The number of benzene rings is 10. The van der Waals surface area contributed by atoms with Crippen LogP contribution in [0.1, 0.15) is 130 Å². The summed E-state index contributed by atoms with van der Waals surface area (Å²) in [4.78, 5) is 7.94. The molecule has 1 aliphatic carbocycles. The molecule has 0 atom stereocenters. The van der Waals surface area contributed by atoms with Gasteiger partial charge < -0.3 is 14.6 Å². The molecule has 0 unspecified atom stereocenters. The van der Waals surface area contributed by atoms with Crippen LogP contribution in [0.5, 0.6) is 0 Å². The lowest BCUT2D eigenvalue weighted by atomic mass is 9.42. The van der Waals surface area contributed by atoms with Gasteiger partial charge in [-0.1, -0.05) is 224 Å². The van der Waals surface area contributed by atoms with Crippen molar-refractivity contribution < 1.29 is 0 Å². The average molecular weight is 1110 g/mol. The van der Waals surface area contributed by atoms with Crippen molar-refractivity contribution in [3.63, 3.8) is 0 Å². The summed E-state index contributed by atoms with van der Waals surface area (Å²) in [6.45, 7) is 32.5. The van der Waals surface area contributed by atoms with Crippen LogP contribution in [0.15, 0.2) is 206 Å². The van der Waals surface area contributed by atoms with Crippen LogP contribution in [0, 0.1) is 0 Å². The molecule has 3 nitrogen and oxygen atoms in total. The molecule has 0 saturated carbocycles. The molecule has 11 aromatic rings. The number of hydrogen-bond acceptors (Lipinski definition) is 4. The minimum atomic E-state index is -0.314. The number of anilines is 8. The normalized spacial score (nSPS) is 14.3. The number of hydrogen-bond donors (Lipinski definition) is 0. The zero-order valence-corrected chi connectivity index (χ0v) is 52.3. The molecule has 84 heavy (non-hydrogen) atoms. The van der Waals surface area contributed by atoms with E-state index in [-0.39, 0.29) is 33.9 Å². The Morgan fingerprint density at radius 1 is 0.429 bits per heavy atom. The van der Waals surface area contributed by atoms with Gasteiger partial charge in [0.05, 0.1) is 11.4 Å². The van der Waals surface area contributed by atoms with Gasteiger partial charge in [-0.2, -0.15) is 0 Å². The maximum atomic E-state index is 2.74. The van der Waals surface area contributed by atoms with E-state index in [9.17, 15) is 0 Å². The van der Waals surface area contributed by atoms with Crippen molar-refractivity contribution >= 4 is 94.8 Å². The fraction of sp³-hybridized carbons (Fsp3) is 0.241. The van der Waals surface area contributed by atoms with Gasteiger partial charge in [0.15, 0.2) is 0 Å². The van der Waals surface area contributed by atoms with Crippen molar-refractivity contribution in [2.45, 2.75) is 124 Å². The third-order valence-corrected chi connectivity index (χ3v) is 19.8. The van der Waals surface area contributed by atoms with Gasteiger partial charge in [-0.15, -0.1) is 11.3 Å². The van der Waals surface area contributed by atoms with E-state index in [1.807, 2.05) is 11.3 Å². The molecule has 2 aliphatic heterocycles. The first-order valence-corrected chi connectivity index (χ1v) is 31.1. The maximum Gasteiger partial charge on any atom is 0.333 e. The Bertz CT molecular complexity index is 4370. The van der Waals surface area contributed by atoms with Gasteiger partial charge in [0.25, 0.3) is 0 Å². The molecule has 0 bridgehead atoms. The highest BCUT2D eigenvalue weighted by Crippen LogP contribution is 2.60. The standard InChI is InChI=1S/C79H76BN3S/c1-75(2,3)50-28-35-54(36-29-50)81(55-37-30-51(31-38-55)76(4,5)6)57-41-42-59-66(47-57)83(56-39-32-52(33-40-56)77(7,8)9)80-64-43-45-69-70(60-25-19-21-27-68(60)84-69)74(64)82(65-44-34-53(78(10,11)12)46-61(65)49-22-16-15-17-23-49)67-48-62-58-24-18-20-26-63(58)79(13,14)72(62)71(59)73(67)80/h15-48H,1-14H3. The summed E-state index contributed by atoms with van der Waals surface area (Å²) in [5.74, 6) is 0. The van der Waals surface area contributed by atoms with E-state index < -0.39 is 0 Å². The number of fused-ring (bicyclic) bond motifs is 12. The third kappa shape index (κ3) is 8.50. The van der Waals surface area contributed by atoms with E-state index in [1.54, 1.807) is 0 Å². The number of thiophene rings is 1. The monoisotopic (exact) mass is 1110 g/mol. The largest absolute Gasteiger partial charge is 0.376 e. The minimum absolute atomic E-state index is 0.0122. The molecule has 416 valence electrons. The lowest BCUT2D eigenvalue weighted by Crippen LogP contribution is -2.62. The molecule has 3 aliphatic rings. The van der Waals surface area contributed by atoms with Crippen LogP contribution < -0.4 is 25.5 Å². The predicted molar refractivity (Wildman–Crippen MR) is 366 cm³/mol. The van der Waals surface area contributed by atoms with Crippen molar-refractivity contribution in [2.24, 2.45) is 0 Å². The SMILES string of the molecule is CC(C)(C)c1ccc(N2B3c4ccc5sc6ccccc6c5c4N(c4ccc(C(C)(C)C)cc4-c4ccccc4)c4cc5c(c(c43)-c3ccc(N(c4ccc(C(C)(C)C)cc4)c4ccc(C(C)(C)C)cc4)cc32)C(C)(C)c2ccccc2-5)cc1. The second-order valence-corrected chi connectivity index (χ2v) is 29.7. The lowest BCUT2D eigenvalue weighted by molar-refractivity contribution is 0.590. The highest BCUT2D eigenvalue weighted by molar-refractivity contribution is 7.26. The summed E-state index contributed by atoms with van der Waals surface area (Å²) in [5, 5.41) is 2.58.